The van der Waals surface area contributed by atoms with Gasteiger partial charge in [-0.15, -0.1) is 0 Å². The Balaban J connectivity index is 2.02. The Morgan fingerprint density at radius 2 is 2.26 bits per heavy atom. The molecule has 1 atom stereocenters. The molecule has 1 aliphatic rings. The summed E-state index contributed by atoms with van der Waals surface area (Å²) in [7, 11) is 0. The lowest BCUT2D eigenvalue weighted by Gasteiger charge is -2.22. The van der Waals surface area contributed by atoms with E-state index < -0.39 is 0 Å². The highest BCUT2D eigenvalue weighted by molar-refractivity contribution is 5.76. The third-order valence-corrected chi connectivity index (χ3v) is 4.01. The van der Waals surface area contributed by atoms with Crippen LogP contribution in [0.5, 0.6) is 0 Å². The molecule has 1 aromatic heterocycles. The molecule has 104 valence electrons. The van der Waals surface area contributed by atoms with Crippen LogP contribution in [0.1, 0.15) is 38.7 Å². The number of amides is 1. The van der Waals surface area contributed by atoms with Crippen LogP contribution in [0.15, 0.2) is 18.3 Å². The monoisotopic (exact) mass is 261 g/mol. The van der Waals surface area contributed by atoms with Crippen molar-refractivity contribution in [2.45, 2.75) is 39.7 Å². The van der Waals surface area contributed by atoms with Gasteiger partial charge in [-0.3, -0.25) is 4.79 Å². The number of anilines is 1. The predicted octanol–water partition coefficient (Wildman–Crippen LogP) is 2.45. The van der Waals surface area contributed by atoms with Gasteiger partial charge in [0.05, 0.1) is 0 Å². The fourth-order valence-corrected chi connectivity index (χ4v) is 2.70. The topological polar surface area (TPSA) is 59.2 Å². The molecule has 2 rings (SSSR count). The molecular formula is C15H23N3O. The fraction of sp³-hybridized carbons (Fsp3) is 0.600. The largest absolute Gasteiger partial charge is 0.384 e. The van der Waals surface area contributed by atoms with E-state index in [4.69, 9.17) is 5.73 Å². The first-order valence-electron chi connectivity index (χ1n) is 7.04. The van der Waals surface area contributed by atoms with E-state index in [1.54, 1.807) is 6.20 Å². The lowest BCUT2D eigenvalue weighted by molar-refractivity contribution is -0.131. The standard InChI is InChI=1S/C15H23N3O/c1-11(2)13-3-4-15(19)18(8-6-13)10-12-5-7-17-14(16)9-12/h5,7,9,11,13H,3-4,6,8,10H2,1-2H3,(H2,16,17). The van der Waals surface area contributed by atoms with E-state index in [9.17, 15) is 4.79 Å². The van der Waals surface area contributed by atoms with E-state index in [2.05, 4.69) is 18.8 Å². The van der Waals surface area contributed by atoms with Gasteiger partial charge in [-0.25, -0.2) is 4.98 Å². The average Bonchev–Trinajstić information content (AvgIpc) is 2.53. The zero-order chi connectivity index (χ0) is 13.8. The van der Waals surface area contributed by atoms with Crippen molar-refractivity contribution < 1.29 is 4.79 Å². The number of hydrogen-bond donors (Lipinski definition) is 1. The highest BCUT2D eigenvalue weighted by atomic mass is 16.2. The Kier molecular flexibility index (Phi) is 4.40. The minimum absolute atomic E-state index is 0.263. The van der Waals surface area contributed by atoms with Crippen molar-refractivity contribution in [3.63, 3.8) is 0 Å². The number of nitrogens with zero attached hydrogens (tertiary/aromatic N) is 2. The van der Waals surface area contributed by atoms with Crippen molar-refractivity contribution in [2.24, 2.45) is 11.8 Å². The number of rotatable bonds is 3. The molecule has 0 bridgehead atoms. The molecule has 0 radical (unpaired) electrons. The highest BCUT2D eigenvalue weighted by Crippen LogP contribution is 2.25. The molecule has 2 heterocycles. The summed E-state index contributed by atoms with van der Waals surface area (Å²) in [5.41, 5.74) is 6.74. The normalized spacial score (nSPS) is 20.7. The van der Waals surface area contributed by atoms with Gasteiger partial charge in [-0.2, -0.15) is 0 Å². The number of hydrogen-bond acceptors (Lipinski definition) is 3. The van der Waals surface area contributed by atoms with Crippen LogP contribution >= 0.6 is 0 Å². The Morgan fingerprint density at radius 1 is 1.47 bits per heavy atom. The highest BCUT2D eigenvalue weighted by Gasteiger charge is 2.24. The molecule has 1 aromatic rings. The summed E-state index contributed by atoms with van der Waals surface area (Å²) in [6, 6.07) is 3.77. The predicted molar refractivity (Wildman–Crippen MR) is 76.2 cm³/mol. The van der Waals surface area contributed by atoms with Gasteiger partial charge >= 0.3 is 0 Å². The lowest BCUT2D eigenvalue weighted by atomic mass is 9.89. The van der Waals surface area contributed by atoms with Crippen molar-refractivity contribution in [3.8, 4) is 0 Å². The van der Waals surface area contributed by atoms with Crippen LogP contribution in [-0.4, -0.2) is 22.3 Å². The van der Waals surface area contributed by atoms with Crippen LogP contribution in [0.3, 0.4) is 0 Å². The van der Waals surface area contributed by atoms with E-state index >= 15 is 0 Å². The Bertz CT molecular complexity index is 445. The molecular weight excluding hydrogens is 238 g/mol. The third-order valence-electron chi connectivity index (χ3n) is 4.01. The molecule has 1 unspecified atom stereocenters. The van der Waals surface area contributed by atoms with E-state index in [-0.39, 0.29) is 5.91 Å². The molecule has 1 amide bonds. The number of nitrogens with two attached hydrogens (primary N) is 1. The summed E-state index contributed by atoms with van der Waals surface area (Å²) >= 11 is 0. The Morgan fingerprint density at radius 3 is 2.95 bits per heavy atom. The number of nitrogen functional groups attached to an aromatic ring is 1. The summed E-state index contributed by atoms with van der Waals surface area (Å²) in [6.45, 7) is 5.99. The van der Waals surface area contributed by atoms with Gasteiger partial charge < -0.3 is 10.6 Å². The first-order valence-corrected chi connectivity index (χ1v) is 7.04. The smallest absolute Gasteiger partial charge is 0.222 e. The van der Waals surface area contributed by atoms with Crippen LogP contribution in [0.4, 0.5) is 5.82 Å². The number of aromatic nitrogens is 1. The SMILES string of the molecule is CC(C)C1CCC(=O)N(Cc2ccnc(N)c2)CC1. The molecule has 0 spiro atoms. The molecule has 1 fully saturated rings. The van der Waals surface area contributed by atoms with Gasteiger partial charge in [0, 0.05) is 25.7 Å². The number of carbonyl (C=O) groups is 1. The molecule has 1 saturated heterocycles. The maximum absolute atomic E-state index is 12.2. The first-order chi connectivity index (χ1) is 9.06. The van der Waals surface area contributed by atoms with Crippen LogP contribution in [0.2, 0.25) is 0 Å². The van der Waals surface area contributed by atoms with E-state index in [1.165, 1.54) is 0 Å². The van der Waals surface area contributed by atoms with Crippen molar-refractivity contribution in [3.05, 3.63) is 23.9 Å². The zero-order valence-corrected chi connectivity index (χ0v) is 11.8. The minimum Gasteiger partial charge on any atom is -0.384 e. The fourth-order valence-electron chi connectivity index (χ4n) is 2.70. The van der Waals surface area contributed by atoms with Crippen LogP contribution in [0.25, 0.3) is 0 Å². The van der Waals surface area contributed by atoms with Gasteiger partial charge in [0.2, 0.25) is 5.91 Å². The summed E-state index contributed by atoms with van der Waals surface area (Å²) in [4.78, 5) is 18.1. The summed E-state index contributed by atoms with van der Waals surface area (Å²) in [5, 5.41) is 0. The zero-order valence-electron chi connectivity index (χ0n) is 11.8. The van der Waals surface area contributed by atoms with Gasteiger partial charge in [-0.05, 0) is 42.4 Å². The maximum atomic E-state index is 12.2. The van der Waals surface area contributed by atoms with Gasteiger partial charge in [0.1, 0.15) is 5.82 Å². The molecule has 4 nitrogen and oxygen atoms in total. The van der Waals surface area contributed by atoms with Gasteiger partial charge in [-0.1, -0.05) is 13.8 Å². The quantitative estimate of drug-likeness (QED) is 0.909. The Labute approximate surface area is 115 Å². The molecule has 2 N–H and O–H groups in total. The van der Waals surface area contributed by atoms with Crippen molar-refractivity contribution in [2.75, 3.05) is 12.3 Å². The second-order valence-corrected chi connectivity index (χ2v) is 5.74. The van der Waals surface area contributed by atoms with E-state index in [0.717, 1.165) is 24.9 Å². The minimum atomic E-state index is 0.263. The lowest BCUT2D eigenvalue weighted by Crippen LogP contribution is -2.29. The van der Waals surface area contributed by atoms with Crippen molar-refractivity contribution in [1.82, 2.24) is 9.88 Å². The molecule has 19 heavy (non-hydrogen) atoms. The van der Waals surface area contributed by atoms with Gasteiger partial charge in [0.25, 0.3) is 0 Å². The molecule has 1 aliphatic heterocycles. The van der Waals surface area contributed by atoms with Crippen LogP contribution < -0.4 is 5.73 Å². The molecule has 4 heteroatoms. The van der Waals surface area contributed by atoms with Crippen LogP contribution in [-0.2, 0) is 11.3 Å². The van der Waals surface area contributed by atoms with E-state index in [1.807, 2.05) is 17.0 Å². The summed E-state index contributed by atoms with van der Waals surface area (Å²) in [5.74, 6) is 2.10. The first kappa shape index (κ1) is 13.8. The second kappa shape index (κ2) is 6.04. The molecule has 0 saturated carbocycles. The summed E-state index contributed by atoms with van der Waals surface area (Å²) < 4.78 is 0. The Hall–Kier alpha value is -1.58. The number of carbonyl (C=O) groups excluding carboxylic acids is 1. The van der Waals surface area contributed by atoms with Crippen LogP contribution in [0, 0.1) is 11.8 Å². The number of pyridine rings is 1. The third kappa shape index (κ3) is 3.69. The summed E-state index contributed by atoms with van der Waals surface area (Å²) in [6.07, 6.45) is 4.49. The van der Waals surface area contributed by atoms with Crippen molar-refractivity contribution >= 4 is 11.7 Å². The average molecular weight is 261 g/mol. The maximum Gasteiger partial charge on any atom is 0.222 e. The number of likely N-dealkylation sites (tertiary alicyclic amines) is 1. The van der Waals surface area contributed by atoms with E-state index in [0.29, 0.717) is 30.6 Å². The van der Waals surface area contributed by atoms with Crippen molar-refractivity contribution in [1.29, 1.82) is 0 Å². The molecule has 0 aliphatic carbocycles. The second-order valence-electron chi connectivity index (χ2n) is 5.74. The van der Waals surface area contributed by atoms with Gasteiger partial charge in [0.15, 0.2) is 0 Å². The molecule has 0 aromatic carbocycles.